The molecule has 0 aliphatic heterocycles. The molecule has 0 fully saturated rings. The predicted molar refractivity (Wildman–Crippen MR) is 123 cm³/mol. The second kappa shape index (κ2) is 8.55. The SMILES string of the molecule is COc1ccc(-n2[nH]c(C)c(C(C)=NCCc3c[nH]c4ccc(OC)cc34)c2=O)cc1. The molecule has 2 aromatic carbocycles. The number of aromatic nitrogens is 3. The molecule has 0 saturated carbocycles. The second-order valence-corrected chi connectivity index (χ2v) is 7.39. The first-order valence-electron chi connectivity index (χ1n) is 10.1. The minimum absolute atomic E-state index is 0.110. The van der Waals surface area contributed by atoms with Gasteiger partial charge in [0, 0.05) is 35.1 Å². The quantitative estimate of drug-likeness (QED) is 0.445. The molecule has 7 heteroatoms. The van der Waals surface area contributed by atoms with Gasteiger partial charge in [0.05, 0.1) is 25.5 Å². The number of ether oxygens (including phenoxy) is 2. The van der Waals surface area contributed by atoms with Gasteiger partial charge in [-0.3, -0.25) is 14.9 Å². The number of fused-ring (bicyclic) bond motifs is 1. The van der Waals surface area contributed by atoms with Gasteiger partial charge in [0.15, 0.2) is 0 Å². The minimum Gasteiger partial charge on any atom is -0.497 e. The summed E-state index contributed by atoms with van der Waals surface area (Å²) < 4.78 is 12.1. The minimum atomic E-state index is -0.110. The Morgan fingerprint density at radius 3 is 2.48 bits per heavy atom. The lowest BCUT2D eigenvalue weighted by Gasteiger charge is -2.03. The fourth-order valence-corrected chi connectivity index (χ4v) is 3.80. The van der Waals surface area contributed by atoms with Crippen molar-refractivity contribution in [3.05, 3.63) is 75.8 Å². The van der Waals surface area contributed by atoms with E-state index in [-0.39, 0.29) is 5.56 Å². The molecule has 4 rings (SSSR count). The standard InChI is InChI=1S/C24H26N4O3/c1-15(25-12-11-17-14-26-22-10-9-20(31-4)13-21(17)22)23-16(2)27-28(24(23)29)18-5-7-19(30-3)8-6-18/h5-10,13-14,26-27H,11-12H2,1-4H3. The summed E-state index contributed by atoms with van der Waals surface area (Å²) in [6.45, 7) is 4.36. The van der Waals surface area contributed by atoms with Crippen molar-refractivity contribution >= 4 is 16.6 Å². The Bertz CT molecular complexity index is 1290. The maximum atomic E-state index is 13.0. The molecule has 0 bridgehead atoms. The van der Waals surface area contributed by atoms with Gasteiger partial charge in [0.2, 0.25) is 0 Å². The lowest BCUT2D eigenvalue weighted by molar-refractivity contribution is 0.414. The van der Waals surface area contributed by atoms with Crippen molar-refractivity contribution in [2.24, 2.45) is 4.99 Å². The van der Waals surface area contributed by atoms with Gasteiger partial charge < -0.3 is 14.5 Å². The van der Waals surface area contributed by atoms with E-state index in [1.54, 1.807) is 14.2 Å². The first-order chi connectivity index (χ1) is 15.0. The molecule has 0 saturated heterocycles. The monoisotopic (exact) mass is 418 g/mol. The first kappa shape index (κ1) is 20.5. The van der Waals surface area contributed by atoms with Gasteiger partial charge in [-0.25, -0.2) is 4.68 Å². The van der Waals surface area contributed by atoms with Crippen LogP contribution in [0.15, 0.2) is 58.4 Å². The molecule has 0 spiro atoms. The van der Waals surface area contributed by atoms with Crippen molar-refractivity contribution in [1.82, 2.24) is 14.8 Å². The fraction of sp³-hybridized carbons (Fsp3) is 0.250. The lowest BCUT2D eigenvalue weighted by Crippen LogP contribution is -2.19. The summed E-state index contributed by atoms with van der Waals surface area (Å²) in [7, 11) is 3.28. The molecule has 160 valence electrons. The average Bonchev–Trinajstić information content (AvgIpc) is 3.33. The van der Waals surface area contributed by atoms with Crippen LogP contribution in [-0.2, 0) is 6.42 Å². The molecule has 0 unspecified atom stereocenters. The summed E-state index contributed by atoms with van der Waals surface area (Å²) in [5.41, 5.74) is 5.01. The van der Waals surface area contributed by atoms with E-state index in [0.29, 0.717) is 12.1 Å². The van der Waals surface area contributed by atoms with Crippen molar-refractivity contribution in [2.75, 3.05) is 20.8 Å². The molecule has 4 aromatic rings. The van der Waals surface area contributed by atoms with Crippen LogP contribution in [0.5, 0.6) is 11.5 Å². The normalized spacial score (nSPS) is 11.8. The highest BCUT2D eigenvalue weighted by molar-refractivity contribution is 5.99. The van der Waals surface area contributed by atoms with Crippen molar-refractivity contribution in [3.63, 3.8) is 0 Å². The topological polar surface area (TPSA) is 84.4 Å². The Kier molecular flexibility index (Phi) is 5.66. The molecular weight excluding hydrogens is 392 g/mol. The molecule has 0 amide bonds. The van der Waals surface area contributed by atoms with Crippen LogP contribution < -0.4 is 15.0 Å². The van der Waals surface area contributed by atoms with Crippen molar-refractivity contribution in [1.29, 1.82) is 0 Å². The zero-order valence-corrected chi connectivity index (χ0v) is 18.2. The molecule has 7 nitrogen and oxygen atoms in total. The van der Waals surface area contributed by atoms with Crippen LogP contribution in [0.4, 0.5) is 0 Å². The van der Waals surface area contributed by atoms with Crippen LogP contribution in [0.25, 0.3) is 16.6 Å². The molecule has 2 heterocycles. The largest absolute Gasteiger partial charge is 0.497 e. The Morgan fingerprint density at radius 1 is 1.06 bits per heavy atom. The number of aliphatic imine (C=N–C) groups is 1. The average molecular weight is 418 g/mol. The summed E-state index contributed by atoms with van der Waals surface area (Å²) in [6.07, 6.45) is 2.77. The van der Waals surface area contributed by atoms with E-state index in [1.807, 2.05) is 62.5 Å². The van der Waals surface area contributed by atoms with Crippen LogP contribution in [0, 0.1) is 6.92 Å². The Balaban J connectivity index is 1.55. The second-order valence-electron chi connectivity index (χ2n) is 7.39. The van der Waals surface area contributed by atoms with Crippen LogP contribution in [0.1, 0.15) is 23.7 Å². The summed E-state index contributed by atoms with van der Waals surface area (Å²) in [5.74, 6) is 1.57. The third-order valence-electron chi connectivity index (χ3n) is 5.47. The van der Waals surface area contributed by atoms with Crippen molar-refractivity contribution in [3.8, 4) is 17.2 Å². The highest BCUT2D eigenvalue weighted by Gasteiger charge is 2.15. The van der Waals surface area contributed by atoms with E-state index in [9.17, 15) is 4.79 Å². The van der Waals surface area contributed by atoms with Gasteiger partial charge in [0.1, 0.15) is 11.5 Å². The van der Waals surface area contributed by atoms with Crippen molar-refractivity contribution < 1.29 is 9.47 Å². The number of H-pyrrole nitrogens is 2. The van der Waals surface area contributed by atoms with Crippen LogP contribution in [-0.4, -0.2) is 41.2 Å². The number of aromatic amines is 2. The van der Waals surface area contributed by atoms with E-state index in [0.717, 1.165) is 45.9 Å². The smallest absolute Gasteiger partial charge is 0.280 e. The Morgan fingerprint density at radius 2 is 1.77 bits per heavy atom. The maximum absolute atomic E-state index is 13.0. The zero-order valence-electron chi connectivity index (χ0n) is 18.2. The predicted octanol–water partition coefficient (Wildman–Crippen LogP) is 4.02. The third-order valence-corrected chi connectivity index (χ3v) is 5.47. The molecule has 2 N–H and O–H groups in total. The number of nitrogens with one attached hydrogen (secondary N) is 2. The Hall–Kier alpha value is -3.74. The fourth-order valence-electron chi connectivity index (χ4n) is 3.80. The number of methoxy groups -OCH3 is 2. The highest BCUT2D eigenvalue weighted by Crippen LogP contribution is 2.24. The van der Waals surface area contributed by atoms with Gasteiger partial charge in [-0.05, 0) is 68.3 Å². The van der Waals surface area contributed by atoms with Crippen molar-refractivity contribution in [2.45, 2.75) is 20.3 Å². The van der Waals surface area contributed by atoms with E-state index >= 15 is 0 Å². The summed E-state index contributed by atoms with van der Waals surface area (Å²) >= 11 is 0. The van der Waals surface area contributed by atoms with Gasteiger partial charge in [-0.2, -0.15) is 0 Å². The first-order valence-corrected chi connectivity index (χ1v) is 10.1. The molecule has 31 heavy (non-hydrogen) atoms. The highest BCUT2D eigenvalue weighted by atomic mass is 16.5. The van der Waals surface area contributed by atoms with Gasteiger partial charge in [-0.1, -0.05) is 0 Å². The number of hydrogen-bond donors (Lipinski definition) is 2. The van der Waals surface area contributed by atoms with Gasteiger partial charge in [-0.15, -0.1) is 0 Å². The summed E-state index contributed by atoms with van der Waals surface area (Å²) in [5, 5.41) is 4.28. The number of nitrogens with zero attached hydrogens (tertiary/aromatic N) is 2. The maximum Gasteiger partial charge on any atom is 0.280 e. The number of rotatable bonds is 7. The van der Waals surface area contributed by atoms with E-state index in [2.05, 4.69) is 10.1 Å². The molecule has 0 aliphatic carbocycles. The molecule has 0 radical (unpaired) electrons. The molecule has 0 aliphatic rings. The summed E-state index contributed by atoms with van der Waals surface area (Å²) in [4.78, 5) is 21.0. The lowest BCUT2D eigenvalue weighted by atomic mass is 10.1. The van der Waals surface area contributed by atoms with Gasteiger partial charge in [0.25, 0.3) is 5.56 Å². The number of aryl methyl sites for hydroxylation is 1. The van der Waals surface area contributed by atoms with E-state index in [4.69, 9.17) is 14.5 Å². The van der Waals surface area contributed by atoms with Crippen LogP contribution in [0.2, 0.25) is 0 Å². The van der Waals surface area contributed by atoms with Crippen LogP contribution in [0.3, 0.4) is 0 Å². The summed E-state index contributed by atoms with van der Waals surface area (Å²) in [6, 6.07) is 13.3. The molecular formula is C24H26N4O3. The molecule has 0 atom stereocenters. The zero-order chi connectivity index (χ0) is 22.0. The van der Waals surface area contributed by atoms with E-state index < -0.39 is 0 Å². The van der Waals surface area contributed by atoms with Gasteiger partial charge >= 0.3 is 0 Å². The van der Waals surface area contributed by atoms with E-state index in [1.165, 1.54) is 10.2 Å². The van der Waals surface area contributed by atoms with Crippen LogP contribution >= 0.6 is 0 Å². The molecule has 2 aromatic heterocycles. The Labute approximate surface area is 180 Å². The number of hydrogen-bond acceptors (Lipinski definition) is 4. The number of benzene rings is 2. The third kappa shape index (κ3) is 3.99.